The molecule has 1 N–H and O–H groups in total. The molecule has 0 spiro atoms. The second-order valence-corrected chi connectivity index (χ2v) is 4.15. The molecule has 2 aromatic rings. The molecule has 0 aliphatic heterocycles. The summed E-state index contributed by atoms with van der Waals surface area (Å²) in [5.74, 6) is 0.919. The van der Waals surface area contributed by atoms with Crippen LogP contribution in [0.4, 0.5) is 0 Å². The summed E-state index contributed by atoms with van der Waals surface area (Å²) in [7, 11) is 4.14. The molecule has 0 saturated carbocycles. The van der Waals surface area contributed by atoms with Crippen LogP contribution >= 0.6 is 0 Å². The lowest BCUT2D eigenvalue weighted by atomic mass is 10.2. The highest BCUT2D eigenvalue weighted by Crippen LogP contribution is 2.19. The lowest BCUT2D eigenvalue weighted by Gasteiger charge is -2.10. The van der Waals surface area contributed by atoms with Crippen LogP contribution in [0.1, 0.15) is 6.42 Å². The zero-order chi connectivity index (χ0) is 11.4. The molecule has 0 unspecified atom stereocenters. The number of ether oxygens (including phenoxy) is 1. The number of aromatic amines is 1. The number of rotatable bonds is 5. The molecule has 3 nitrogen and oxygen atoms in total. The Hall–Kier alpha value is -1.48. The molecule has 0 bridgehead atoms. The maximum absolute atomic E-state index is 5.67. The third-order valence-corrected chi connectivity index (χ3v) is 2.46. The van der Waals surface area contributed by atoms with E-state index in [0.717, 1.165) is 36.2 Å². The lowest BCUT2D eigenvalue weighted by Crippen LogP contribution is -2.15. The predicted octanol–water partition coefficient (Wildman–Crippen LogP) is 2.30. The summed E-state index contributed by atoms with van der Waals surface area (Å²) in [6.45, 7) is 1.81. The van der Waals surface area contributed by atoms with Crippen molar-refractivity contribution < 1.29 is 4.74 Å². The Morgan fingerprint density at radius 2 is 2.25 bits per heavy atom. The van der Waals surface area contributed by atoms with E-state index in [9.17, 15) is 0 Å². The van der Waals surface area contributed by atoms with Crippen LogP contribution in [0.15, 0.2) is 24.4 Å². The quantitative estimate of drug-likeness (QED) is 0.778. The summed E-state index contributed by atoms with van der Waals surface area (Å²) in [6.07, 6.45) is 2.86. The number of hydrogen-bond donors (Lipinski definition) is 1. The third kappa shape index (κ3) is 2.76. The van der Waals surface area contributed by atoms with Crippen LogP contribution in [0.3, 0.4) is 0 Å². The SMILES string of the molecule is CN(C)CCCOc1ccc2[c]c[nH]c2c1. The van der Waals surface area contributed by atoms with Gasteiger partial charge in [-0.05, 0) is 32.6 Å². The van der Waals surface area contributed by atoms with Gasteiger partial charge < -0.3 is 14.6 Å². The van der Waals surface area contributed by atoms with E-state index in [1.165, 1.54) is 0 Å². The van der Waals surface area contributed by atoms with Crippen LogP contribution in [-0.4, -0.2) is 37.1 Å². The summed E-state index contributed by atoms with van der Waals surface area (Å²) < 4.78 is 5.67. The molecule has 16 heavy (non-hydrogen) atoms. The van der Waals surface area contributed by atoms with E-state index in [1.807, 2.05) is 24.4 Å². The van der Waals surface area contributed by atoms with Crippen molar-refractivity contribution in [2.24, 2.45) is 0 Å². The average Bonchev–Trinajstić information content (AvgIpc) is 2.71. The van der Waals surface area contributed by atoms with Crippen LogP contribution in [0.25, 0.3) is 10.9 Å². The molecule has 0 aliphatic carbocycles. The van der Waals surface area contributed by atoms with E-state index in [-0.39, 0.29) is 0 Å². The van der Waals surface area contributed by atoms with Crippen molar-refractivity contribution in [3.05, 3.63) is 30.5 Å². The highest BCUT2D eigenvalue weighted by Gasteiger charge is 1.98. The van der Waals surface area contributed by atoms with Gasteiger partial charge in [0.2, 0.25) is 0 Å². The van der Waals surface area contributed by atoms with E-state index in [1.54, 1.807) is 0 Å². The van der Waals surface area contributed by atoms with Crippen LogP contribution < -0.4 is 4.74 Å². The van der Waals surface area contributed by atoms with Gasteiger partial charge >= 0.3 is 0 Å². The van der Waals surface area contributed by atoms with Gasteiger partial charge in [0.25, 0.3) is 0 Å². The number of benzene rings is 1. The lowest BCUT2D eigenvalue weighted by molar-refractivity contribution is 0.282. The fourth-order valence-electron chi connectivity index (χ4n) is 1.62. The smallest absolute Gasteiger partial charge is 0.121 e. The Balaban J connectivity index is 1.89. The predicted molar refractivity (Wildman–Crippen MR) is 65.8 cm³/mol. The number of nitrogens with one attached hydrogen (secondary N) is 1. The van der Waals surface area contributed by atoms with Crippen molar-refractivity contribution in [1.82, 2.24) is 9.88 Å². The molecular weight excluding hydrogens is 200 g/mol. The normalized spacial score (nSPS) is 11.2. The molecule has 1 heterocycles. The third-order valence-electron chi connectivity index (χ3n) is 2.46. The van der Waals surface area contributed by atoms with Crippen LogP contribution in [-0.2, 0) is 0 Å². The van der Waals surface area contributed by atoms with Crippen LogP contribution in [0.2, 0.25) is 0 Å². The van der Waals surface area contributed by atoms with Gasteiger partial charge in [-0.2, -0.15) is 0 Å². The first-order chi connectivity index (χ1) is 7.75. The van der Waals surface area contributed by atoms with E-state index < -0.39 is 0 Å². The molecule has 1 aromatic heterocycles. The van der Waals surface area contributed by atoms with Gasteiger partial charge in [-0.3, -0.25) is 0 Å². The number of nitrogens with zero attached hydrogens (tertiary/aromatic N) is 1. The van der Waals surface area contributed by atoms with E-state index in [2.05, 4.69) is 30.0 Å². The summed E-state index contributed by atoms with van der Waals surface area (Å²) in [5.41, 5.74) is 1.07. The Kier molecular flexibility index (Phi) is 3.47. The molecule has 0 atom stereocenters. The number of fused-ring (bicyclic) bond motifs is 1. The number of hydrogen-bond acceptors (Lipinski definition) is 2. The molecular formula is C13H17N2O. The van der Waals surface area contributed by atoms with E-state index in [0.29, 0.717) is 0 Å². The Morgan fingerprint density at radius 3 is 3.06 bits per heavy atom. The van der Waals surface area contributed by atoms with Crippen molar-refractivity contribution in [3.63, 3.8) is 0 Å². The van der Waals surface area contributed by atoms with Crippen molar-refractivity contribution in [2.45, 2.75) is 6.42 Å². The summed E-state index contributed by atoms with van der Waals surface area (Å²) >= 11 is 0. The molecule has 1 radical (unpaired) electrons. The highest BCUT2D eigenvalue weighted by atomic mass is 16.5. The van der Waals surface area contributed by atoms with Gasteiger partial charge in [-0.1, -0.05) is 0 Å². The maximum Gasteiger partial charge on any atom is 0.121 e. The zero-order valence-electron chi connectivity index (χ0n) is 9.79. The minimum atomic E-state index is 0.758. The molecule has 3 heteroatoms. The minimum absolute atomic E-state index is 0.758. The molecule has 2 rings (SSSR count). The van der Waals surface area contributed by atoms with Crippen molar-refractivity contribution in [3.8, 4) is 5.75 Å². The summed E-state index contributed by atoms with van der Waals surface area (Å²) in [6, 6.07) is 9.14. The van der Waals surface area contributed by atoms with Crippen molar-refractivity contribution >= 4 is 10.9 Å². The van der Waals surface area contributed by atoms with Gasteiger partial charge in [0, 0.05) is 35.8 Å². The second kappa shape index (κ2) is 5.03. The Bertz CT molecular complexity index is 448. The summed E-state index contributed by atoms with van der Waals surface area (Å²) in [4.78, 5) is 5.28. The molecule has 1 aromatic carbocycles. The fraction of sp³-hybridized carbons (Fsp3) is 0.385. The Labute approximate surface area is 96.0 Å². The molecule has 0 saturated heterocycles. The van der Waals surface area contributed by atoms with Gasteiger partial charge in [0.1, 0.15) is 5.75 Å². The monoisotopic (exact) mass is 217 g/mol. The topological polar surface area (TPSA) is 28.3 Å². The second-order valence-electron chi connectivity index (χ2n) is 4.15. The van der Waals surface area contributed by atoms with Crippen molar-refractivity contribution in [1.29, 1.82) is 0 Å². The van der Waals surface area contributed by atoms with Crippen LogP contribution in [0.5, 0.6) is 5.75 Å². The largest absolute Gasteiger partial charge is 0.493 e. The molecule has 85 valence electrons. The molecule has 0 amide bonds. The first kappa shape index (κ1) is 11.0. The average molecular weight is 217 g/mol. The fourth-order valence-corrected chi connectivity index (χ4v) is 1.62. The Morgan fingerprint density at radius 1 is 1.38 bits per heavy atom. The van der Waals surface area contributed by atoms with Gasteiger partial charge in [0.05, 0.1) is 6.61 Å². The number of aromatic nitrogens is 1. The zero-order valence-corrected chi connectivity index (χ0v) is 9.79. The van der Waals surface area contributed by atoms with Crippen LogP contribution in [0, 0.1) is 6.07 Å². The van der Waals surface area contributed by atoms with Crippen molar-refractivity contribution in [2.75, 3.05) is 27.2 Å². The van der Waals surface area contributed by atoms with Gasteiger partial charge in [-0.15, -0.1) is 0 Å². The molecule has 0 aliphatic rings. The first-order valence-electron chi connectivity index (χ1n) is 5.52. The number of H-pyrrole nitrogens is 1. The minimum Gasteiger partial charge on any atom is -0.493 e. The molecule has 0 fully saturated rings. The summed E-state index contributed by atoms with van der Waals surface area (Å²) in [5, 5.41) is 1.10. The van der Waals surface area contributed by atoms with E-state index >= 15 is 0 Å². The first-order valence-corrected chi connectivity index (χ1v) is 5.52. The maximum atomic E-state index is 5.67. The van der Waals surface area contributed by atoms with Gasteiger partial charge in [0.15, 0.2) is 0 Å². The highest BCUT2D eigenvalue weighted by molar-refractivity contribution is 5.79. The standard InChI is InChI=1S/C13H17N2O/c1-15(2)8-3-9-16-12-5-4-11-6-7-14-13(11)10-12/h4-5,7,10,14H,3,8-9H2,1-2H3. The van der Waals surface area contributed by atoms with Gasteiger partial charge in [-0.25, -0.2) is 0 Å². The van der Waals surface area contributed by atoms with E-state index in [4.69, 9.17) is 4.74 Å².